The molecule has 108 valence electrons. The highest BCUT2D eigenvalue weighted by molar-refractivity contribution is 5.34. The summed E-state index contributed by atoms with van der Waals surface area (Å²) in [6, 6.07) is 7.00. The van der Waals surface area contributed by atoms with Crippen molar-refractivity contribution in [2.45, 2.75) is 12.7 Å². The SMILES string of the molecule is N#Cc1ccc(F)c(Cn2cccc(C(F)(F)F)c2=O)c1. The number of alkyl halides is 3. The van der Waals surface area contributed by atoms with Crippen LogP contribution in [-0.4, -0.2) is 4.57 Å². The Morgan fingerprint density at radius 3 is 2.57 bits per heavy atom. The van der Waals surface area contributed by atoms with Crippen molar-refractivity contribution in [1.82, 2.24) is 4.57 Å². The third kappa shape index (κ3) is 3.11. The number of nitriles is 1. The predicted octanol–water partition coefficient (Wildman–Crippen LogP) is 2.93. The van der Waals surface area contributed by atoms with Crippen molar-refractivity contribution < 1.29 is 17.6 Å². The average Bonchev–Trinajstić information content (AvgIpc) is 2.42. The van der Waals surface area contributed by atoms with E-state index in [1.807, 2.05) is 0 Å². The molecule has 0 N–H and O–H groups in total. The number of aromatic nitrogens is 1. The van der Waals surface area contributed by atoms with Crippen LogP contribution < -0.4 is 5.56 Å². The van der Waals surface area contributed by atoms with Crippen molar-refractivity contribution in [3.8, 4) is 6.07 Å². The molecule has 0 saturated carbocycles. The first-order valence-electron chi connectivity index (χ1n) is 5.78. The van der Waals surface area contributed by atoms with Crippen LogP contribution in [0.3, 0.4) is 0 Å². The van der Waals surface area contributed by atoms with Crippen LogP contribution in [0.4, 0.5) is 17.6 Å². The molecule has 0 bridgehead atoms. The number of rotatable bonds is 2. The van der Waals surface area contributed by atoms with Crippen LogP contribution in [0.15, 0.2) is 41.3 Å². The second-order valence-corrected chi connectivity index (χ2v) is 4.27. The Labute approximate surface area is 116 Å². The maximum atomic E-state index is 13.6. The molecule has 1 heterocycles. The Balaban J connectivity index is 2.47. The molecule has 1 aromatic carbocycles. The minimum Gasteiger partial charge on any atom is -0.310 e. The Kier molecular flexibility index (Phi) is 3.80. The first-order chi connectivity index (χ1) is 9.82. The number of hydrogen-bond donors (Lipinski definition) is 0. The van der Waals surface area contributed by atoms with Crippen molar-refractivity contribution in [1.29, 1.82) is 5.26 Å². The zero-order valence-electron chi connectivity index (χ0n) is 10.5. The Morgan fingerprint density at radius 1 is 1.24 bits per heavy atom. The van der Waals surface area contributed by atoms with Crippen molar-refractivity contribution >= 4 is 0 Å². The number of nitrogens with zero attached hydrogens (tertiary/aromatic N) is 2. The van der Waals surface area contributed by atoms with E-state index >= 15 is 0 Å². The van der Waals surface area contributed by atoms with Crippen LogP contribution in [0.5, 0.6) is 0 Å². The summed E-state index contributed by atoms with van der Waals surface area (Å²) < 4.78 is 52.3. The lowest BCUT2D eigenvalue weighted by Crippen LogP contribution is -2.28. The van der Waals surface area contributed by atoms with Crippen LogP contribution in [0.2, 0.25) is 0 Å². The maximum absolute atomic E-state index is 13.6. The minimum atomic E-state index is -4.77. The summed E-state index contributed by atoms with van der Waals surface area (Å²) in [4.78, 5) is 11.7. The van der Waals surface area contributed by atoms with E-state index < -0.39 is 23.1 Å². The average molecular weight is 296 g/mol. The fraction of sp³-hybridized carbons (Fsp3) is 0.143. The highest BCUT2D eigenvalue weighted by Gasteiger charge is 2.34. The van der Waals surface area contributed by atoms with Crippen molar-refractivity contribution in [2.24, 2.45) is 0 Å². The van der Waals surface area contributed by atoms with Gasteiger partial charge in [0.1, 0.15) is 11.4 Å². The molecule has 7 heteroatoms. The van der Waals surface area contributed by atoms with Gasteiger partial charge in [0.2, 0.25) is 0 Å². The smallest absolute Gasteiger partial charge is 0.310 e. The van der Waals surface area contributed by atoms with Crippen LogP contribution in [0, 0.1) is 17.1 Å². The van der Waals surface area contributed by atoms with E-state index in [1.54, 1.807) is 6.07 Å². The molecule has 0 radical (unpaired) electrons. The van der Waals surface area contributed by atoms with Gasteiger partial charge in [-0.1, -0.05) is 0 Å². The molecule has 0 atom stereocenters. The van der Waals surface area contributed by atoms with E-state index in [2.05, 4.69) is 0 Å². The first-order valence-corrected chi connectivity index (χ1v) is 5.78. The summed E-state index contributed by atoms with van der Waals surface area (Å²) >= 11 is 0. The molecule has 2 rings (SSSR count). The topological polar surface area (TPSA) is 45.8 Å². The van der Waals surface area contributed by atoms with Crippen LogP contribution in [-0.2, 0) is 12.7 Å². The number of pyridine rings is 1. The van der Waals surface area contributed by atoms with E-state index in [1.165, 1.54) is 12.1 Å². The van der Waals surface area contributed by atoms with Gasteiger partial charge in [-0.05, 0) is 30.3 Å². The van der Waals surface area contributed by atoms with Crippen molar-refractivity contribution in [2.75, 3.05) is 0 Å². The largest absolute Gasteiger partial charge is 0.421 e. The molecule has 0 aliphatic rings. The van der Waals surface area contributed by atoms with E-state index in [0.29, 0.717) is 6.07 Å². The standard InChI is InChI=1S/C14H8F4N2O/c15-12-4-3-9(7-19)6-10(12)8-20-5-1-2-11(13(20)21)14(16,17)18/h1-6H,8H2. The van der Waals surface area contributed by atoms with Gasteiger partial charge in [0.15, 0.2) is 0 Å². The third-order valence-electron chi connectivity index (χ3n) is 2.84. The Morgan fingerprint density at radius 2 is 1.95 bits per heavy atom. The minimum absolute atomic E-state index is 0.0320. The number of hydrogen-bond acceptors (Lipinski definition) is 2. The van der Waals surface area contributed by atoms with E-state index in [0.717, 1.165) is 22.9 Å². The van der Waals surface area contributed by atoms with E-state index in [9.17, 15) is 22.4 Å². The van der Waals surface area contributed by atoms with Crippen molar-refractivity contribution in [3.05, 3.63) is 69.4 Å². The van der Waals surface area contributed by atoms with Gasteiger partial charge in [-0.25, -0.2) is 4.39 Å². The molecule has 2 aromatic rings. The molecule has 1 aromatic heterocycles. The molecule has 21 heavy (non-hydrogen) atoms. The molecule has 0 aliphatic heterocycles. The molecule has 0 amide bonds. The normalized spacial score (nSPS) is 11.2. The fourth-order valence-corrected chi connectivity index (χ4v) is 1.83. The van der Waals surface area contributed by atoms with E-state index in [4.69, 9.17) is 5.26 Å². The second kappa shape index (κ2) is 5.40. The van der Waals surface area contributed by atoms with Gasteiger partial charge >= 0.3 is 6.18 Å². The molecular weight excluding hydrogens is 288 g/mol. The molecular formula is C14H8F4N2O. The zero-order valence-corrected chi connectivity index (χ0v) is 10.5. The van der Waals surface area contributed by atoms with Crippen molar-refractivity contribution in [3.63, 3.8) is 0 Å². The van der Waals surface area contributed by atoms with Gasteiger partial charge in [0.25, 0.3) is 5.56 Å². The van der Waals surface area contributed by atoms with Gasteiger partial charge in [-0.2, -0.15) is 18.4 Å². The zero-order chi connectivity index (χ0) is 15.6. The molecule has 3 nitrogen and oxygen atoms in total. The monoisotopic (exact) mass is 296 g/mol. The summed E-state index contributed by atoms with van der Waals surface area (Å²) in [7, 11) is 0. The second-order valence-electron chi connectivity index (χ2n) is 4.27. The van der Waals surface area contributed by atoms with Gasteiger partial charge in [0.05, 0.1) is 18.2 Å². The van der Waals surface area contributed by atoms with Crippen LogP contribution in [0.25, 0.3) is 0 Å². The van der Waals surface area contributed by atoms with Gasteiger partial charge in [0, 0.05) is 11.8 Å². The van der Waals surface area contributed by atoms with Crippen LogP contribution >= 0.6 is 0 Å². The molecule has 0 spiro atoms. The molecule has 0 aliphatic carbocycles. The first kappa shape index (κ1) is 14.8. The van der Waals surface area contributed by atoms with Crippen LogP contribution in [0.1, 0.15) is 16.7 Å². The lowest BCUT2D eigenvalue weighted by Gasteiger charge is -2.11. The highest BCUT2D eigenvalue weighted by Crippen LogP contribution is 2.26. The maximum Gasteiger partial charge on any atom is 0.421 e. The lowest BCUT2D eigenvalue weighted by molar-refractivity contribution is -0.138. The summed E-state index contributed by atoms with van der Waals surface area (Å²) in [5.74, 6) is -0.696. The van der Waals surface area contributed by atoms with E-state index in [-0.39, 0.29) is 17.7 Å². The Bertz CT molecular complexity index is 772. The summed E-state index contributed by atoms with van der Waals surface area (Å²) in [6.07, 6.45) is -3.64. The predicted molar refractivity (Wildman–Crippen MR) is 65.9 cm³/mol. The number of benzene rings is 1. The lowest BCUT2D eigenvalue weighted by atomic mass is 10.1. The van der Waals surface area contributed by atoms with Gasteiger partial charge in [-0.15, -0.1) is 0 Å². The summed E-state index contributed by atoms with van der Waals surface area (Å²) in [5.41, 5.74) is -2.45. The van der Waals surface area contributed by atoms with Gasteiger partial charge in [-0.3, -0.25) is 4.79 Å². The molecule has 0 fully saturated rings. The number of halogens is 4. The quantitative estimate of drug-likeness (QED) is 0.800. The highest BCUT2D eigenvalue weighted by atomic mass is 19.4. The fourth-order valence-electron chi connectivity index (χ4n) is 1.83. The summed E-state index contributed by atoms with van der Waals surface area (Å²) in [5, 5.41) is 8.73. The summed E-state index contributed by atoms with van der Waals surface area (Å²) in [6.45, 7) is -0.385. The third-order valence-corrected chi connectivity index (χ3v) is 2.84. The van der Waals surface area contributed by atoms with Gasteiger partial charge < -0.3 is 4.57 Å². The molecule has 0 saturated heterocycles. The Hall–Kier alpha value is -2.62. The molecule has 0 unspecified atom stereocenters.